The Hall–Kier alpha value is -1.70. The second kappa shape index (κ2) is 3.71. The van der Waals surface area contributed by atoms with E-state index in [1.165, 1.54) is 29.9 Å². The Labute approximate surface area is 95.9 Å². The zero-order chi connectivity index (χ0) is 11.0. The molecule has 1 atom stereocenters. The molecule has 2 heteroatoms. The molecule has 2 heterocycles. The van der Waals surface area contributed by atoms with Gasteiger partial charge in [-0.25, -0.2) is 0 Å². The Morgan fingerprint density at radius 2 is 2.06 bits per heavy atom. The van der Waals surface area contributed by atoms with Crippen LogP contribution in [0.3, 0.4) is 0 Å². The van der Waals surface area contributed by atoms with E-state index in [2.05, 4.69) is 59.4 Å². The minimum absolute atomic E-state index is 0.454. The second-order valence-corrected chi connectivity index (χ2v) is 4.31. The van der Waals surface area contributed by atoms with E-state index in [0.29, 0.717) is 6.04 Å². The number of benzene rings is 1. The van der Waals surface area contributed by atoms with Crippen molar-refractivity contribution in [1.82, 2.24) is 4.57 Å². The number of hydrogen-bond acceptors (Lipinski definition) is 1. The zero-order valence-corrected chi connectivity index (χ0v) is 9.48. The standard InChI is InChI=1S/C14H16N2/c1-2-6-11-14-9-5-10-16(14)13-8-4-3-7-12(13)15-11/h3-5,7-11,15H,2,6H2,1H3. The first-order chi connectivity index (χ1) is 7.90. The van der Waals surface area contributed by atoms with E-state index in [-0.39, 0.29) is 0 Å². The summed E-state index contributed by atoms with van der Waals surface area (Å²) >= 11 is 0. The fourth-order valence-electron chi connectivity index (χ4n) is 2.47. The van der Waals surface area contributed by atoms with Crippen LogP contribution in [-0.4, -0.2) is 4.57 Å². The van der Waals surface area contributed by atoms with Gasteiger partial charge in [-0.2, -0.15) is 0 Å². The fourth-order valence-corrected chi connectivity index (χ4v) is 2.47. The van der Waals surface area contributed by atoms with Gasteiger partial charge in [0.1, 0.15) is 0 Å². The Morgan fingerprint density at radius 1 is 1.19 bits per heavy atom. The Kier molecular flexibility index (Phi) is 2.21. The maximum atomic E-state index is 3.62. The zero-order valence-electron chi connectivity index (χ0n) is 9.48. The van der Waals surface area contributed by atoms with Gasteiger partial charge in [0.05, 0.1) is 17.4 Å². The van der Waals surface area contributed by atoms with E-state index in [1.54, 1.807) is 0 Å². The lowest BCUT2D eigenvalue weighted by atomic mass is 10.0. The summed E-state index contributed by atoms with van der Waals surface area (Å²) in [4.78, 5) is 0. The maximum absolute atomic E-state index is 3.62. The van der Waals surface area contributed by atoms with Gasteiger partial charge in [0.25, 0.3) is 0 Å². The van der Waals surface area contributed by atoms with Crippen LogP contribution in [0.25, 0.3) is 5.69 Å². The largest absolute Gasteiger partial charge is 0.375 e. The van der Waals surface area contributed by atoms with Crippen LogP contribution in [0.15, 0.2) is 42.6 Å². The molecule has 0 bridgehead atoms. The highest BCUT2D eigenvalue weighted by Crippen LogP contribution is 2.35. The van der Waals surface area contributed by atoms with Gasteiger partial charge in [-0.05, 0) is 30.7 Å². The molecule has 3 rings (SSSR count). The van der Waals surface area contributed by atoms with Crippen molar-refractivity contribution in [3.05, 3.63) is 48.3 Å². The highest BCUT2D eigenvalue weighted by atomic mass is 15.1. The molecule has 0 spiro atoms. The normalized spacial score (nSPS) is 17.4. The molecule has 1 unspecified atom stereocenters. The minimum Gasteiger partial charge on any atom is -0.375 e. The Bertz CT molecular complexity index is 499. The monoisotopic (exact) mass is 212 g/mol. The van der Waals surface area contributed by atoms with Crippen molar-refractivity contribution in [2.24, 2.45) is 0 Å². The number of para-hydroxylation sites is 2. The van der Waals surface area contributed by atoms with Gasteiger partial charge in [-0.1, -0.05) is 25.5 Å². The van der Waals surface area contributed by atoms with Crippen LogP contribution >= 0.6 is 0 Å². The van der Waals surface area contributed by atoms with Crippen LogP contribution in [0.1, 0.15) is 31.5 Å². The topological polar surface area (TPSA) is 17.0 Å². The first-order valence-corrected chi connectivity index (χ1v) is 5.93. The third-order valence-corrected chi connectivity index (χ3v) is 3.21. The van der Waals surface area contributed by atoms with Gasteiger partial charge in [-0.15, -0.1) is 0 Å². The van der Waals surface area contributed by atoms with Crippen molar-refractivity contribution in [3.63, 3.8) is 0 Å². The van der Waals surface area contributed by atoms with Crippen molar-refractivity contribution < 1.29 is 0 Å². The Morgan fingerprint density at radius 3 is 2.94 bits per heavy atom. The molecule has 0 amide bonds. The molecule has 1 aliphatic heterocycles. The predicted octanol–water partition coefficient (Wildman–Crippen LogP) is 3.74. The maximum Gasteiger partial charge on any atom is 0.0686 e. The van der Waals surface area contributed by atoms with Crippen LogP contribution in [0, 0.1) is 0 Å². The lowest BCUT2D eigenvalue weighted by molar-refractivity contribution is 0.635. The smallest absolute Gasteiger partial charge is 0.0686 e. The summed E-state index contributed by atoms with van der Waals surface area (Å²) in [5.41, 5.74) is 3.88. The van der Waals surface area contributed by atoms with Crippen LogP contribution in [-0.2, 0) is 0 Å². The lowest BCUT2D eigenvalue weighted by Gasteiger charge is -2.29. The van der Waals surface area contributed by atoms with Gasteiger partial charge < -0.3 is 9.88 Å². The minimum atomic E-state index is 0.454. The molecule has 2 aromatic rings. The molecule has 1 aliphatic rings. The molecule has 0 saturated carbocycles. The number of nitrogens with one attached hydrogen (secondary N) is 1. The molecule has 2 nitrogen and oxygen atoms in total. The average Bonchev–Trinajstić information content (AvgIpc) is 2.79. The number of aromatic nitrogens is 1. The number of nitrogens with zero attached hydrogens (tertiary/aromatic N) is 1. The van der Waals surface area contributed by atoms with Crippen molar-refractivity contribution in [3.8, 4) is 5.69 Å². The van der Waals surface area contributed by atoms with Crippen LogP contribution < -0.4 is 5.32 Å². The van der Waals surface area contributed by atoms with Crippen LogP contribution in [0.4, 0.5) is 5.69 Å². The third-order valence-electron chi connectivity index (χ3n) is 3.21. The van der Waals surface area contributed by atoms with E-state index in [1.807, 2.05) is 0 Å². The summed E-state index contributed by atoms with van der Waals surface area (Å²) in [6.45, 7) is 2.23. The molecule has 1 N–H and O–H groups in total. The van der Waals surface area contributed by atoms with E-state index in [4.69, 9.17) is 0 Å². The summed E-state index contributed by atoms with van der Waals surface area (Å²) in [7, 11) is 0. The van der Waals surface area contributed by atoms with E-state index < -0.39 is 0 Å². The highest BCUT2D eigenvalue weighted by molar-refractivity contribution is 5.65. The van der Waals surface area contributed by atoms with Crippen LogP contribution in [0.2, 0.25) is 0 Å². The van der Waals surface area contributed by atoms with Gasteiger partial charge >= 0.3 is 0 Å². The summed E-state index contributed by atoms with van der Waals surface area (Å²) in [6.07, 6.45) is 4.53. The molecule has 1 aromatic heterocycles. The van der Waals surface area contributed by atoms with Crippen molar-refractivity contribution >= 4 is 5.69 Å². The molecule has 0 aliphatic carbocycles. The number of anilines is 1. The average molecular weight is 212 g/mol. The Balaban J connectivity index is 2.12. The molecule has 82 valence electrons. The van der Waals surface area contributed by atoms with Gasteiger partial charge in [0, 0.05) is 11.9 Å². The molecule has 0 radical (unpaired) electrons. The summed E-state index contributed by atoms with van der Waals surface area (Å²) in [5, 5.41) is 3.62. The second-order valence-electron chi connectivity index (χ2n) is 4.31. The van der Waals surface area contributed by atoms with Gasteiger partial charge in [0.2, 0.25) is 0 Å². The highest BCUT2D eigenvalue weighted by Gasteiger charge is 2.21. The molecule has 0 saturated heterocycles. The molecular weight excluding hydrogens is 196 g/mol. The number of fused-ring (bicyclic) bond motifs is 3. The van der Waals surface area contributed by atoms with Gasteiger partial charge in [-0.3, -0.25) is 0 Å². The number of hydrogen-bond donors (Lipinski definition) is 1. The fraction of sp³-hybridized carbons (Fsp3) is 0.286. The van der Waals surface area contributed by atoms with Gasteiger partial charge in [0.15, 0.2) is 0 Å². The predicted molar refractivity (Wildman–Crippen MR) is 67.0 cm³/mol. The summed E-state index contributed by atoms with van der Waals surface area (Å²) < 4.78 is 2.30. The number of rotatable bonds is 2. The van der Waals surface area contributed by atoms with E-state index in [9.17, 15) is 0 Å². The summed E-state index contributed by atoms with van der Waals surface area (Å²) in [5.74, 6) is 0. The quantitative estimate of drug-likeness (QED) is 0.802. The molecule has 1 aromatic carbocycles. The lowest BCUT2D eigenvalue weighted by Crippen LogP contribution is -2.20. The van der Waals surface area contributed by atoms with Crippen molar-refractivity contribution in [2.75, 3.05) is 5.32 Å². The summed E-state index contributed by atoms with van der Waals surface area (Å²) in [6, 6.07) is 13.3. The van der Waals surface area contributed by atoms with Crippen LogP contribution in [0.5, 0.6) is 0 Å². The first kappa shape index (κ1) is 9.52. The third kappa shape index (κ3) is 1.33. The first-order valence-electron chi connectivity index (χ1n) is 5.93. The van der Waals surface area contributed by atoms with E-state index >= 15 is 0 Å². The molecule has 0 fully saturated rings. The van der Waals surface area contributed by atoms with Crippen molar-refractivity contribution in [2.45, 2.75) is 25.8 Å². The molecule has 16 heavy (non-hydrogen) atoms. The molecular formula is C14H16N2. The van der Waals surface area contributed by atoms with Crippen molar-refractivity contribution in [1.29, 1.82) is 0 Å². The SMILES string of the molecule is CCCC1Nc2ccccc2-n2cccc21. The van der Waals surface area contributed by atoms with E-state index in [0.717, 1.165) is 0 Å².